The van der Waals surface area contributed by atoms with Gasteiger partial charge in [-0.15, -0.1) is 0 Å². The van der Waals surface area contributed by atoms with E-state index in [1.54, 1.807) is 12.1 Å². The molecule has 1 N–H and O–H groups in total. The summed E-state index contributed by atoms with van der Waals surface area (Å²) in [5, 5.41) is 3.65. The highest BCUT2D eigenvalue weighted by molar-refractivity contribution is 6.31. The van der Waals surface area contributed by atoms with Crippen LogP contribution in [0.2, 0.25) is 10.0 Å². The summed E-state index contributed by atoms with van der Waals surface area (Å²) in [5.74, 6) is 0. The molecular weight excluding hydrogens is 322 g/mol. The fraction of sp³-hybridized carbons (Fsp3) is 0.200. The second-order valence-electron chi connectivity index (χ2n) is 4.64. The van der Waals surface area contributed by atoms with Gasteiger partial charge in [0.05, 0.1) is 5.56 Å². The van der Waals surface area contributed by atoms with Crippen LogP contribution in [0, 0.1) is 0 Å². The standard InChI is InChI=1S/C15H12Cl2F3N/c1-9(10-2-4-12(16)5-3-10)21-14-7-11(15(18,19)20)6-13(17)8-14/h2-9,21H,1H3. The smallest absolute Gasteiger partial charge is 0.378 e. The molecule has 1 atom stereocenters. The Balaban J connectivity index is 2.23. The van der Waals surface area contributed by atoms with Gasteiger partial charge in [0.2, 0.25) is 0 Å². The number of hydrogen-bond donors (Lipinski definition) is 1. The van der Waals surface area contributed by atoms with Crippen molar-refractivity contribution in [3.05, 3.63) is 63.6 Å². The van der Waals surface area contributed by atoms with Gasteiger partial charge in [0, 0.05) is 21.8 Å². The van der Waals surface area contributed by atoms with Crippen LogP contribution in [0.4, 0.5) is 18.9 Å². The summed E-state index contributed by atoms with van der Waals surface area (Å²) in [6.07, 6.45) is -4.43. The molecule has 2 aromatic rings. The SMILES string of the molecule is CC(Nc1cc(Cl)cc(C(F)(F)F)c1)c1ccc(Cl)cc1. The quantitative estimate of drug-likeness (QED) is 0.706. The molecule has 0 bridgehead atoms. The predicted molar refractivity (Wildman–Crippen MR) is 79.9 cm³/mol. The van der Waals surface area contributed by atoms with Crippen LogP contribution in [-0.2, 0) is 6.18 Å². The van der Waals surface area contributed by atoms with Crippen molar-refractivity contribution in [1.29, 1.82) is 0 Å². The van der Waals surface area contributed by atoms with Gasteiger partial charge in [0.1, 0.15) is 0 Å². The molecule has 0 saturated heterocycles. The maximum absolute atomic E-state index is 12.8. The van der Waals surface area contributed by atoms with Gasteiger partial charge < -0.3 is 5.32 Å². The Morgan fingerprint density at radius 3 is 2.14 bits per heavy atom. The number of benzene rings is 2. The summed E-state index contributed by atoms with van der Waals surface area (Å²) in [5.41, 5.74) is 0.450. The Kier molecular flexibility index (Phi) is 4.69. The number of alkyl halides is 3. The van der Waals surface area contributed by atoms with Gasteiger partial charge in [0.25, 0.3) is 0 Å². The van der Waals surface area contributed by atoms with E-state index >= 15 is 0 Å². The summed E-state index contributed by atoms with van der Waals surface area (Å²) in [6.45, 7) is 1.84. The van der Waals surface area contributed by atoms with Crippen molar-refractivity contribution in [3.63, 3.8) is 0 Å². The molecule has 0 saturated carbocycles. The third-order valence-corrected chi connectivity index (χ3v) is 3.45. The van der Waals surface area contributed by atoms with E-state index in [1.807, 2.05) is 19.1 Å². The number of nitrogens with one attached hydrogen (secondary N) is 1. The lowest BCUT2D eigenvalue weighted by Crippen LogP contribution is -2.09. The molecule has 2 rings (SSSR count). The van der Waals surface area contributed by atoms with Crippen molar-refractivity contribution in [1.82, 2.24) is 0 Å². The largest absolute Gasteiger partial charge is 0.416 e. The number of hydrogen-bond acceptors (Lipinski definition) is 1. The fourth-order valence-electron chi connectivity index (χ4n) is 1.92. The normalized spacial score (nSPS) is 13.0. The summed E-state index contributed by atoms with van der Waals surface area (Å²) in [4.78, 5) is 0. The highest BCUT2D eigenvalue weighted by Gasteiger charge is 2.31. The number of anilines is 1. The molecule has 0 aliphatic heterocycles. The number of halogens is 5. The highest BCUT2D eigenvalue weighted by Crippen LogP contribution is 2.34. The van der Waals surface area contributed by atoms with Crippen LogP contribution < -0.4 is 5.32 Å². The lowest BCUT2D eigenvalue weighted by atomic mass is 10.1. The lowest BCUT2D eigenvalue weighted by molar-refractivity contribution is -0.137. The van der Waals surface area contributed by atoms with Crippen molar-refractivity contribution in [3.8, 4) is 0 Å². The minimum absolute atomic E-state index is 0.0376. The van der Waals surface area contributed by atoms with Crippen LogP contribution >= 0.6 is 23.2 Å². The van der Waals surface area contributed by atoms with Crippen LogP contribution in [0.25, 0.3) is 0 Å². The first kappa shape index (κ1) is 16.0. The lowest BCUT2D eigenvalue weighted by Gasteiger charge is -2.17. The molecule has 0 radical (unpaired) electrons. The van der Waals surface area contributed by atoms with Crippen molar-refractivity contribution < 1.29 is 13.2 Å². The zero-order chi connectivity index (χ0) is 15.6. The Hall–Kier alpha value is -1.39. The van der Waals surface area contributed by atoms with Crippen molar-refractivity contribution >= 4 is 28.9 Å². The van der Waals surface area contributed by atoms with Gasteiger partial charge in [0.15, 0.2) is 0 Å². The first-order chi connectivity index (χ1) is 9.75. The molecule has 0 spiro atoms. The summed E-state index contributed by atoms with van der Waals surface area (Å²) < 4.78 is 38.3. The van der Waals surface area contributed by atoms with Crippen LogP contribution in [0.3, 0.4) is 0 Å². The van der Waals surface area contributed by atoms with Gasteiger partial charge in [-0.1, -0.05) is 35.3 Å². The second-order valence-corrected chi connectivity index (χ2v) is 5.52. The Morgan fingerprint density at radius 2 is 1.57 bits per heavy atom. The van der Waals surface area contributed by atoms with Gasteiger partial charge in [-0.05, 0) is 42.8 Å². The predicted octanol–water partition coefficient (Wildman–Crippen LogP) is 6.19. The average Bonchev–Trinajstić information content (AvgIpc) is 2.37. The van der Waals surface area contributed by atoms with E-state index in [2.05, 4.69) is 5.32 Å². The molecule has 0 fully saturated rings. The zero-order valence-electron chi connectivity index (χ0n) is 11.0. The fourth-order valence-corrected chi connectivity index (χ4v) is 2.28. The van der Waals surface area contributed by atoms with E-state index in [-0.39, 0.29) is 11.1 Å². The molecule has 0 heterocycles. The summed E-state index contributed by atoms with van der Waals surface area (Å²) in [7, 11) is 0. The van der Waals surface area contributed by atoms with Gasteiger partial charge in [-0.2, -0.15) is 13.2 Å². The third-order valence-electron chi connectivity index (χ3n) is 2.98. The molecule has 0 aliphatic carbocycles. The Morgan fingerprint density at radius 1 is 0.952 bits per heavy atom. The van der Waals surface area contributed by atoms with Crippen molar-refractivity contribution in [2.75, 3.05) is 5.32 Å². The molecule has 21 heavy (non-hydrogen) atoms. The first-order valence-corrected chi connectivity index (χ1v) is 6.91. The molecule has 0 amide bonds. The van der Waals surface area contributed by atoms with E-state index in [0.29, 0.717) is 10.7 Å². The molecular formula is C15H12Cl2F3N. The van der Waals surface area contributed by atoms with Gasteiger partial charge in [-0.25, -0.2) is 0 Å². The molecule has 0 aliphatic rings. The van der Waals surface area contributed by atoms with Crippen molar-refractivity contribution in [2.24, 2.45) is 0 Å². The second kappa shape index (κ2) is 6.16. The summed E-state index contributed by atoms with van der Waals surface area (Å²) in [6, 6.07) is 10.3. The molecule has 1 unspecified atom stereocenters. The van der Waals surface area contributed by atoms with Gasteiger partial charge >= 0.3 is 6.18 Å². The molecule has 0 aromatic heterocycles. The van der Waals surface area contributed by atoms with E-state index < -0.39 is 11.7 Å². The first-order valence-electron chi connectivity index (χ1n) is 6.15. The number of rotatable bonds is 3. The Labute approximate surface area is 130 Å². The maximum atomic E-state index is 12.8. The molecule has 112 valence electrons. The van der Waals surface area contributed by atoms with E-state index in [9.17, 15) is 13.2 Å². The molecule has 2 aromatic carbocycles. The topological polar surface area (TPSA) is 12.0 Å². The highest BCUT2D eigenvalue weighted by atomic mass is 35.5. The zero-order valence-corrected chi connectivity index (χ0v) is 12.5. The minimum Gasteiger partial charge on any atom is -0.378 e. The summed E-state index contributed by atoms with van der Waals surface area (Å²) >= 11 is 11.6. The van der Waals surface area contributed by atoms with Crippen LogP contribution in [0.5, 0.6) is 0 Å². The van der Waals surface area contributed by atoms with Crippen LogP contribution in [-0.4, -0.2) is 0 Å². The molecule has 6 heteroatoms. The van der Waals surface area contributed by atoms with Crippen molar-refractivity contribution in [2.45, 2.75) is 19.1 Å². The van der Waals surface area contributed by atoms with Crippen LogP contribution in [0.15, 0.2) is 42.5 Å². The van der Waals surface area contributed by atoms with E-state index in [1.165, 1.54) is 6.07 Å². The molecule has 1 nitrogen and oxygen atoms in total. The van der Waals surface area contributed by atoms with E-state index in [4.69, 9.17) is 23.2 Å². The Bertz CT molecular complexity index is 624. The minimum atomic E-state index is -4.43. The monoisotopic (exact) mass is 333 g/mol. The average molecular weight is 334 g/mol. The maximum Gasteiger partial charge on any atom is 0.416 e. The van der Waals surface area contributed by atoms with Gasteiger partial charge in [-0.3, -0.25) is 0 Å². The van der Waals surface area contributed by atoms with Crippen LogP contribution in [0.1, 0.15) is 24.1 Å². The van der Waals surface area contributed by atoms with E-state index in [0.717, 1.165) is 17.7 Å². The third kappa shape index (κ3) is 4.29.